The maximum atomic E-state index is 14.1. The zero-order chi connectivity index (χ0) is 24.9. The van der Waals surface area contributed by atoms with E-state index in [1.807, 2.05) is 42.5 Å². The molecule has 0 radical (unpaired) electrons. The highest BCUT2D eigenvalue weighted by atomic mass is 19.1. The second kappa shape index (κ2) is 10.9. The molecule has 5 rings (SSSR count). The molecule has 0 bridgehead atoms. The van der Waals surface area contributed by atoms with Gasteiger partial charge in [0.2, 0.25) is 0 Å². The van der Waals surface area contributed by atoms with Gasteiger partial charge in [0, 0.05) is 42.2 Å². The molecule has 2 saturated heterocycles. The number of nitrogens with one attached hydrogen (secondary N) is 1. The summed E-state index contributed by atoms with van der Waals surface area (Å²) in [5.74, 6) is 6.05. The van der Waals surface area contributed by atoms with Crippen LogP contribution in [0.15, 0.2) is 78.9 Å². The maximum Gasteiger partial charge on any atom is 0.321 e. The fourth-order valence-corrected chi connectivity index (χ4v) is 5.34. The number of urea groups is 1. The smallest absolute Gasteiger partial charge is 0.321 e. The number of amides is 2. The van der Waals surface area contributed by atoms with Crippen LogP contribution in [0.3, 0.4) is 0 Å². The summed E-state index contributed by atoms with van der Waals surface area (Å²) >= 11 is 0. The Balaban J connectivity index is 1.32. The van der Waals surface area contributed by atoms with Gasteiger partial charge in [0.1, 0.15) is 5.82 Å². The number of hydrogen-bond acceptors (Lipinski definition) is 3. The van der Waals surface area contributed by atoms with Crippen molar-refractivity contribution in [3.63, 3.8) is 0 Å². The Kier molecular flexibility index (Phi) is 7.31. The zero-order valence-electron chi connectivity index (χ0n) is 20.1. The fourth-order valence-electron chi connectivity index (χ4n) is 5.34. The second-order valence-corrected chi connectivity index (χ2v) is 9.38. The number of aliphatic hydroxyl groups excluding tert-OH is 1. The topological polar surface area (TPSA) is 55.8 Å². The molecule has 2 aliphatic heterocycles. The average Bonchev–Trinajstić information content (AvgIpc) is 2.89. The molecule has 3 aromatic carbocycles. The minimum Gasteiger partial charge on any atom is -0.395 e. The van der Waals surface area contributed by atoms with Crippen LogP contribution in [0, 0.1) is 17.7 Å². The van der Waals surface area contributed by atoms with E-state index >= 15 is 0 Å². The van der Waals surface area contributed by atoms with Gasteiger partial charge in [0.15, 0.2) is 0 Å². The third-order valence-corrected chi connectivity index (χ3v) is 7.19. The summed E-state index contributed by atoms with van der Waals surface area (Å²) < 4.78 is 14.1. The fraction of sp³-hybridized carbons (Fsp3) is 0.300. The van der Waals surface area contributed by atoms with E-state index in [0.29, 0.717) is 13.1 Å². The van der Waals surface area contributed by atoms with E-state index in [0.717, 1.165) is 36.1 Å². The number of para-hydroxylation sites is 1. The Labute approximate surface area is 211 Å². The van der Waals surface area contributed by atoms with Gasteiger partial charge >= 0.3 is 6.03 Å². The lowest BCUT2D eigenvalue weighted by molar-refractivity contribution is -0.0585. The Morgan fingerprint density at radius 1 is 0.917 bits per heavy atom. The van der Waals surface area contributed by atoms with Crippen LogP contribution in [0.1, 0.15) is 35.4 Å². The highest BCUT2D eigenvalue weighted by Crippen LogP contribution is 2.42. The Bertz CT molecular complexity index is 1250. The van der Waals surface area contributed by atoms with Crippen molar-refractivity contribution in [2.75, 3.05) is 31.6 Å². The molecule has 36 heavy (non-hydrogen) atoms. The van der Waals surface area contributed by atoms with Crippen molar-refractivity contribution in [1.82, 2.24) is 9.80 Å². The third-order valence-electron chi connectivity index (χ3n) is 7.19. The van der Waals surface area contributed by atoms with Crippen LogP contribution in [0.5, 0.6) is 0 Å². The van der Waals surface area contributed by atoms with E-state index in [2.05, 4.69) is 34.2 Å². The summed E-state index contributed by atoms with van der Waals surface area (Å²) in [5.41, 5.74) is 3.23. The van der Waals surface area contributed by atoms with Gasteiger partial charge in [-0.2, -0.15) is 0 Å². The van der Waals surface area contributed by atoms with Crippen molar-refractivity contribution in [2.24, 2.45) is 0 Å². The summed E-state index contributed by atoms with van der Waals surface area (Å²) in [4.78, 5) is 17.2. The van der Waals surface area contributed by atoms with Gasteiger partial charge in [-0.25, -0.2) is 9.18 Å². The van der Waals surface area contributed by atoms with Crippen molar-refractivity contribution in [2.45, 2.75) is 30.8 Å². The van der Waals surface area contributed by atoms with Crippen molar-refractivity contribution in [3.8, 4) is 11.8 Å². The lowest BCUT2D eigenvalue weighted by Gasteiger charge is -2.57. The first-order valence-electron chi connectivity index (χ1n) is 12.5. The van der Waals surface area contributed by atoms with Crippen LogP contribution in [0.4, 0.5) is 14.9 Å². The molecular weight excluding hydrogens is 453 g/mol. The monoisotopic (exact) mass is 483 g/mol. The molecule has 184 valence electrons. The lowest BCUT2D eigenvalue weighted by atomic mass is 9.74. The molecule has 0 spiro atoms. The van der Waals surface area contributed by atoms with E-state index in [1.54, 1.807) is 23.1 Å². The third kappa shape index (κ3) is 5.13. The van der Waals surface area contributed by atoms with Crippen molar-refractivity contribution < 1.29 is 14.3 Å². The van der Waals surface area contributed by atoms with Crippen molar-refractivity contribution in [1.29, 1.82) is 0 Å². The van der Waals surface area contributed by atoms with Crippen LogP contribution in [0.25, 0.3) is 0 Å². The molecule has 0 unspecified atom stereocenters. The number of halogens is 1. The quantitative estimate of drug-likeness (QED) is 0.532. The minimum absolute atomic E-state index is 0.0193. The van der Waals surface area contributed by atoms with Gasteiger partial charge in [-0.15, -0.1) is 0 Å². The molecule has 3 atom stereocenters. The first kappa shape index (κ1) is 24.1. The summed E-state index contributed by atoms with van der Waals surface area (Å²) in [6.07, 6.45) is 1.81. The van der Waals surface area contributed by atoms with Crippen molar-refractivity contribution >= 4 is 11.7 Å². The molecule has 3 aromatic rings. The molecular formula is C30H30FN3O2. The van der Waals surface area contributed by atoms with E-state index < -0.39 is 5.82 Å². The summed E-state index contributed by atoms with van der Waals surface area (Å²) in [6.45, 7) is 2.11. The normalized spacial score (nSPS) is 21.7. The van der Waals surface area contributed by atoms with Crippen LogP contribution in [0.2, 0.25) is 0 Å². The number of hydrogen-bond donors (Lipinski definition) is 2. The highest BCUT2D eigenvalue weighted by molar-refractivity contribution is 5.89. The molecule has 2 aliphatic rings. The van der Waals surface area contributed by atoms with E-state index in [1.165, 1.54) is 6.07 Å². The molecule has 0 saturated carbocycles. The lowest BCUT2D eigenvalue weighted by Crippen LogP contribution is -2.68. The molecule has 0 aromatic heterocycles. The van der Waals surface area contributed by atoms with Crippen LogP contribution in [-0.2, 0) is 0 Å². The molecule has 2 fully saturated rings. The Morgan fingerprint density at radius 3 is 2.31 bits per heavy atom. The summed E-state index contributed by atoms with van der Waals surface area (Å²) in [6, 6.07) is 24.1. The Hall–Kier alpha value is -3.66. The highest BCUT2D eigenvalue weighted by Gasteiger charge is 2.49. The predicted octanol–water partition coefficient (Wildman–Crippen LogP) is 4.68. The standard InChI is InChI=1S/C30H30FN3O2/c31-25-10-4-5-11-26(25)32-30(36)33-18-6-7-19-34-27(20-33)29(28(34)21-35)24-16-14-23(15-17-24)13-12-22-8-2-1-3-9-22/h1-5,8-11,14-17,27-29,35H,6-7,18-21H2,(H,32,36)/t27-,28+,29+/m0/s1. The second-order valence-electron chi connectivity index (χ2n) is 9.38. The van der Waals surface area contributed by atoms with Crippen LogP contribution < -0.4 is 5.32 Å². The average molecular weight is 484 g/mol. The molecule has 5 nitrogen and oxygen atoms in total. The number of fused-ring (bicyclic) bond motifs is 1. The van der Waals surface area contributed by atoms with E-state index in [9.17, 15) is 14.3 Å². The molecule has 2 amide bonds. The maximum absolute atomic E-state index is 14.1. The van der Waals surface area contributed by atoms with Crippen molar-refractivity contribution in [3.05, 3.63) is 101 Å². The van der Waals surface area contributed by atoms with Gasteiger partial charge in [-0.05, 0) is 61.3 Å². The minimum atomic E-state index is -0.447. The number of rotatable bonds is 3. The van der Waals surface area contributed by atoms with Gasteiger partial charge in [-0.1, -0.05) is 54.3 Å². The first-order valence-corrected chi connectivity index (χ1v) is 12.5. The number of carbonyl (C=O) groups excluding carboxylic acids is 1. The predicted molar refractivity (Wildman–Crippen MR) is 139 cm³/mol. The van der Waals surface area contributed by atoms with E-state index in [4.69, 9.17) is 0 Å². The van der Waals surface area contributed by atoms with Gasteiger partial charge in [0.25, 0.3) is 0 Å². The number of benzene rings is 3. The Morgan fingerprint density at radius 2 is 1.58 bits per heavy atom. The summed E-state index contributed by atoms with van der Waals surface area (Å²) in [5, 5.41) is 12.9. The van der Waals surface area contributed by atoms with Crippen LogP contribution >= 0.6 is 0 Å². The molecule has 2 heterocycles. The van der Waals surface area contributed by atoms with Gasteiger partial charge in [-0.3, -0.25) is 4.90 Å². The molecule has 6 heteroatoms. The largest absolute Gasteiger partial charge is 0.395 e. The first-order chi connectivity index (χ1) is 17.6. The van der Waals surface area contributed by atoms with Crippen LogP contribution in [-0.4, -0.2) is 59.3 Å². The summed E-state index contributed by atoms with van der Waals surface area (Å²) in [7, 11) is 0. The molecule has 2 N–H and O–H groups in total. The number of aliphatic hydroxyl groups is 1. The zero-order valence-corrected chi connectivity index (χ0v) is 20.1. The van der Waals surface area contributed by atoms with E-state index in [-0.39, 0.29) is 36.3 Å². The number of anilines is 1. The number of carbonyl (C=O) groups is 1. The van der Waals surface area contributed by atoms with Gasteiger partial charge < -0.3 is 15.3 Å². The molecule has 0 aliphatic carbocycles. The van der Waals surface area contributed by atoms with Gasteiger partial charge in [0.05, 0.1) is 12.3 Å². The number of nitrogens with zero attached hydrogens (tertiary/aromatic N) is 2. The SMILES string of the molecule is O=C(Nc1ccccc1F)N1CCCCN2[C@H](CO)[C@H](c3ccc(C#Cc4ccccc4)cc3)[C@@H]2C1.